The predicted molar refractivity (Wildman–Crippen MR) is 103 cm³/mol. The van der Waals surface area contributed by atoms with Gasteiger partial charge in [-0.1, -0.05) is 24.3 Å². The molecule has 0 bridgehead atoms. The zero-order chi connectivity index (χ0) is 19.4. The van der Waals surface area contributed by atoms with E-state index < -0.39 is 5.97 Å². The first-order valence-electron chi connectivity index (χ1n) is 8.28. The molecule has 1 saturated heterocycles. The van der Waals surface area contributed by atoms with E-state index in [0.717, 1.165) is 28.0 Å². The Morgan fingerprint density at radius 2 is 1.78 bits per heavy atom. The maximum Gasteiger partial charge on any atom is 0.335 e. The van der Waals surface area contributed by atoms with Gasteiger partial charge in [0.2, 0.25) is 0 Å². The lowest BCUT2D eigenvalue weighted by Gasteiger charge is -2.12. The van der Waals surface area contributed by atoms with E-state index in [-0.39, 0.29) is 23.3 Å². The van der Waals surface area contributed by atoms with Crippen LogP contribution >= 0.6 is 11.8 Å². The number of hydrogen-bond donors (Lipinski definition) is 1. The van der Waals surface area contributed by atoms with Gasteiger partial charge in [0.1, 0.15) is 5.75 Å². The van der Waals surface area contributed by atoms with E-state index in [2.05, 4.69) is 0 Å². The summed E-state index contributed by atoms with van der Waals surface area (Å²) in [7, 11) is 0. The summed E-state index contributed by atoms with van der Waals surface area (Å²) in [5.41, 5.74) is 1.64. The number of carbonyl (C=O) groups excluding carboxylic acids is 2. The highest BCUT2D eigenvalue weighted by atomic mass is 32.2. The van der Waals surface area contributed by atoms with E-state index in [1.807, 2.05) is 31.2 Å². The minimum Gasteiger partial charge on any atom is -0.494 e. The summed E-state index contributed by atoms with van der Waals surface area (Å²) < 4.78 is 5.38. The number of hydrogen-bond acceptors (Lipinski definition) is 5. The Morgan fingerprint density at radius 1 is 1.11 bits per heavy atom. The van der Waals surface area contributed by atoms with E-state index in [0.29, 0.717) is 17.1 Å². The molecule has 1 aliphatic heterocycles. The molecule has 0 aromatic heterocycles. The smallest absolute Gasteiger partial charge is 0.335 e. The summed E-state index contributed by atoms with van der Waals surface area (Å²) in [6, 6.07) is 13.4. The SMILES string of the molecule is CCOc1ccc(C=C2SC(=O)N(Cc3ccc(C(=O)O)cc3)C2=O)cc1. The molecule has 0 spiro atoms. The van der Waals surface area contributed by atoms with Gasteiger partial charge in [-0.3, -0.25) is 14.5 Å². The molecule has 138 valence electrons. The lowest BCUT2D eigenvalue weighted by atomic mass is 10.1. The van der Waals surface area contributed by atoms with Crippen LogP contribution in [0, 0.1) is 0 Å². The summed E-state index contributed by atoms with van der Waals surface area (Å²) >= 11 is 0.892. The second-order valence-electron chi connectivity index (χ2n) is 5.77. The van der Waals surface area contributed by atoms with Crippen LogP contribution in [0.5, 0.6) is 5.75 Å². The molecule has 0 saturated carbocycles. The molecule has 1 fully saturated rings. The molecule has 3 rings (SSSR count). The van der Waals surface area contributed by atoms with Crippen molar-refractivity contribution in [2.24, 2.45) is 0 Å². The Balaban J connectivity index is 1.73. The Kier molecular flexibility index (Phi) is 5.61. The van der Waals surface area contributed by atoms with Crippen LogP contribution in [0.15, 0.2) is 53.4 Å². The Bertz CT molecular complexity index is 903. The van der Waals surface area contributed by atoms with Crippen molar-refractivity contribution in [3.05, 3.63) is 70.1 Å². The van der Waals surface area contributed by atoms with Gasteiger partial charge in [0, 0.05) is 0 Å². The normalized spacial score (nSPS) is 15.4. The maximum atomic E-state index is 12.6. The highest BCUT2D eigenvalue weighted by Crippen LogP contribution is 2.33. The van der Waals surface area contributed by atoms with Crippen LogP contribution in [0.4, 0.5) is 4.79 Å². The molecule has 2 aromatic carbocycles. The van der Waals surface area contributed by atoms with Gasteiger partial charge in [0.25, 0.3) is 11.1 Å². The number of amides is 2. The molecule has 6 nitrogen and oxygen atoms in total. The largest absolute Gasteiger partial charge is 0.494 e. The van der Waals surface area contributed by atoms with Gasteiger partial charge in [0.15, 0.2) is 0 Å². The van der Waals surface area contributed by atoms with Crippen LogP contribution in [0.25, 0.3) is 6.08 Å². The van der Waals surface area contributed by atoms with E-state index >= 15 is 0 Å². The van der Waals surface area contributed by atoms with Crippen molar-refractivity contribution >= 4 is 35.0 Å². The zero-order valence-electron chi connectivity index (χ0n) is 14.5. The average Bonchev–Trinajstić information content (AvgIpc) is 2.91. The molecule has 27 heavy (non-hydrogen) atoms. The van der Waals surface area contributed by atoms with Gasteiger partial charge in [-0.15, -0.1) is 0 Å². The molecule has 7 heteroatoms. The van der Waals surface area contributed by atoms with Crippen LogP contribution in [0.1, 0.15) is 28.4 Å². The average molecular weight is 383 g/mol. The summed E-state index contributed by atoms with van der Waals surface area (Å²) in [5.74, 6) is -0.639. The molecule has 0 unspecified atom stereocenters. The second-order valence-corrected chi connectivity index (χ2v) is 6.77. The van der Waals surface area contributed by atoms with E-state index in [1.54, 1.807) is 18.2 Å². The van der Waals surface area contributed by atoms with E-state index in [1.165, 1.54) is 12.1 Å². The van der Waals surface area contributed by atoms with Crippen molar-refractivity contribution in [1.29, 1.82) is 0 Å². The second kappa shape index (κ2) is 8.09. The third-order valence-corrected chi connectivity index (χ3v) is 4.81. The Hall–Kier alpha value is -3.06. The first kappa shape index (κ1) is 18.7. The number of rotatable bonds is 6. The predicted octanol–water partition coefficient (Wildman–Crippen LogP) is 4.02. The molecule has 1 aliphatic rings. The van der Waals surface area contributed by atoms with Gasteiger partial charge >= 0.3 is 5.97 Å². The summed E-state index contributed by atoms with van der Waals surface area (Å²) in [6.45, 7) is 2.58. The standard InChI is InChI=1S/C20H17NO5S/c1-2-26-16-9-5-13(6-10-16)11-17-18(22)21(20(25)27-17)12-14-3-7-15(8-4-14)19(23)24/h3-11H,2,12H2,1H3,(H,23,24). The van der Waals surface area contributed by atoms with Gasteiger partial charge < -0.3 is 9.84 Å². The minimum atomic E-state index is -1.02. The molecular weight excluding hydrogens is 366 g/mol. The molecule has 0 atom stereocenters. The van der Waals surface area contributed by atoms with Crippen molar-refractivity contribution in [2.45, 2.75) is 13.5 Å². The van der Waals surface area contributed by atoms with Gasteiger partial charge in [-0.05, 0) is 60.2 Å². The highest BCUT2D eigenvalue weighted by molar-refractivity contribution is 8.18. The van der Waals surface area contributed by atoms with Crippen molar-refractivity contribution < 1.29 is 24.2 Å². The van der Waals surface area contributed by atoms with E-state index in [9.17, 15) is 14.4 Å². The third kappa shape index (κ3) is 4.38. The van der Waals surface area contributed by atoms with Crippen molar-refractivity contribution in [1.82, 2.24) is 4.90 Å². The first-order chi connectivity index (χ1) is 13.0. The minimum absolute atomic E-state index is 0.102. The molecular formula is C20H17NO5S. The molecule has 1 heterocycles. The zero-order valence-corrected chi connectivity index (χ0v) is 15.4. The number of carboxylic acids is 1. The molecule has 0 radical (unpaired) electrons. The number of aromatic carboxylic acids is 1. The fraction of sp³-hybridized carbons (Fsp3) is 0.150. The fourth-order valence-corrected chi connectivity index (χ4v) is 3.39. The maximum absolute atomic E-state index is 12.6. The van der Waals surface area contributed by atoms with Crippen LogP contribution in [-0.2, 0) is 11.3 Å². The van der Waals surface area contributed by atoms with Crippen molar-refractivity contribution in [3.8, 4) is 5.75 Å². The number of imide groups is 1. The number of nitrogens with zero attached hydrogens (tertiary/aromatic N) is 1. The number of ether oxygens (including phenoxy) is 1. The third-order valence-electron chi connectivity index (χ3n) is 3.90. The molecule has 2 amide bonds. The number of thioether (sulfide) groups is 1. The van der Waals surface area contributed by atoms with Gasteiger partial charge in [-0.25, -0.2) is 4.79 Å². The number of carboxylic acid groups (broad SMARTS) is 1. The summed E-state index contributed by atoms with van der Waals surface area (Å²) in [6.07, 6.45) is 1.67. The molecule has 0 aliphatic carbocycles. The molecule has 1 N–H and O–H groups in total. The Morgan fingerprint density at radius 3 is 2.37 bits per heavy atom. The lowest BCUT2D eigenvalue weighted by Crippen LogP contribution is -2.27. The van der Waals surface area contributed by atoms with Gasteiger partial charge in [-0.2, -0.15) is 0 Å². The number of benzene rings is 2. The van der Waals surface area contributed by atoms with Crippen molar-refractivity contribution in [2.75, 3.05) is 6.61 Å². The van der Waals surface area contributed by atoms with Crippen LogP contribution in [0.3, 0.4) is 0 Å². The quantitative estimate of drug-likeness (QED) is 0.759. The first-order valence-corrected chi connectivity index (χ1v) is 9.10. The number of carbonyl (C=O) groups is 3. The Labute approximate surface area is 160 Å². The summed E-state index contributed by atoms with van der Waals surface area (Å²) in [5, 5.41) is 8.58. The van der Waals surface area contributed by atoms with Crippen molar-refractivity contribution in [3.63, 3.8) is 0 Å². The lowest BCUT2D eigenvalue weighted by molar-refractivity contribution is -0.123. The van der Waals surface area contributed by atoms with Crippen LogP contribution in [0.2, 0.25) is 0 Å². The monoisotopic (exact) mass is 383 g/mol. The fourth-order valence-electron chi connectivity index (χ4n) is 2.55. The van der Waals surface area contributed by atoms with Crippen LogP contribution < -0.4 is 4.74 Å². The topological polar surface area (TPSA) is 83.9 Å². The molecule has 2 aromatic rings. The van der Waals surface area contributed by atoms with E-state index in [4.69, 9.17) is 9.84 Å². The van der Waals surface area contributed by atoms with Gasteiger partial charge in [0.05, 0.1) is 23.6 Å². The summed E-state index contributed by atoms with van der Waals surface area (Å²) in [4.78, 5) is 37.2. The highest BCUT2D eigenvalue weighted by Gasteiger charge is 2.34. The van der Waals surface area contributed by atoms with Crippen LogP contribution in [-0.4, -0.2) is 33.7 Å².